The smallest absolute Gasteiger partial charge is 0.226 e. The van der Waals surface area contributed by atoms with E-state index in [-0.39, 0.29) is 24.2 Å². The Labute approximate surface area is 110 Å². The van der Waals surface area contributed by atoms with Gasteiger partial charge in [0.15, 0.2) is 0 Å². The van der Waals surface area contributed by atoms with Crippen molar-refractivity contribution in [2.24, 2.45) is 17.6 Å². The van der Waals surface area contributed by atoms with Crippen LogP contribution in [0.25, 0.3) is 0 Å². The molecule has 2 N–H and O–H groups in total. The minimum atomic E-state index is 0.117. The third kappa shape index (κ3) is 2.86. The minimum absolute atomic E-state index is 0.117. The van der Waals surface area contributed by atoms with E-state index in [9.17, 15) is 4.79 Å². The van der Waals surface area contributed by atoms with Gasteiger partial charge in [0.1, 0.15) is 0 Å². The van der Waals surface area contributed by atoms with Crippen molar-refractivity contribution in [3.05, 3.63) is 0 Å². The lowest BCUT2D eigenvalue weighted by Gasteiger charge is -2.40. The molecule has 2 fully saturated rings. The van der Waals surface area contributed by atoms with Crippen LogP contribution in [0.1, 0.15) is 40.0 Å². The van der Waals surface area contributed by atoms with Crippen LogP contribution in [0.3, 0.4) is 0 Å². The zero-order valence-electron chi connectivity index (χ0n) is 11.8. The second-order valence-corrected chi connectivity index (χ2v) is 6.06. The Hall–Kier alpha value is -0.610. The topological polar surface area (TPSA) is 55.6 Å². The predicted octanol–water partition coefficient (Wildman–Crippen LogP) is 1.39. The minimum Gasteiger partial charge on any atom is -0.372 e. The molecule has 1 saturated heterocycles. The zero-order valence-corrected chi connectivity index (χ0v) is 11.8. The molecule has 2 aliphatic rings. The summed E-state index contributed by atoms with van der Waals surface area (Å²) in [5.74, 6) is 0.714. The highest BCUT2D eigenvalue weighted by Crippen LogP contribution is 2.31. The molecular weight excluding hydrogens is 228 g/mol. The molecule has 104 valence electrons. The molecule has 0 aromatic carbocycles. The van der Waals surface area contributed by atoms with Crippen molar-refractivity contribution in [3.8, 4) is 0 Å². The molecule has 5 unspecified atom stereocenters. The first-order chi connectivity index (χ1) is 8.49. The normalized spacial score (nSPS) is 41.8. The number of carbonyl (C=O) groups is 1. The second-order valence-electron chi connectivity index (χ2n) is 6.06. The summed E-state index contributed by atoms with van der Waals surface area (Å²) in [6.07, 6.45) is 3.42. The monoisotopic (exact) mass is 254 g/mol. The van der Waals surface area contributed by atoms with Crippen molar-refractivity contribution < 1.29 is 9.53 Å². The molecule has 0 radical (unpaired) electrons. The molecule has 0 spiro atoms. The van der Waals surface area contributed by atoms with Crippen molar-refractivity contribution in [1.82, 2.24) is 4.90 Å². The first kappa shape index (κ1) is 13.8. The number of hydrogen-bond acceptors (Lipinski definition) is 3. The highest BCUT2D eigenvalue weighted by molar-refractivity contribution is 5.79. The number of nitrogens with zero attached hydrogens (tertiary/aromatic N) is 1. The number of amides is 1. The van der Waals surface area contributed by atoms with Crippen LogP contribution in [0, 0.1) is 11.8 Å². The van der Waals surface area contributed by atoms with Gasteiger partial charge in [-0.3, -0.25) is 4.79 Å². The molecule has 0 aromatic heterocycles. The third-order valence-electron chi connectivity index (χ3n) is 4.41. The van der Waals surface area contributed by atoms with Crippen LogP contribution in [-0.2, 0) is 9.53 Å². The molecule has 1 saturated carbocycles. The number of carbonyl (C=O) groups excluding carboxylic acids is 1. The van der Waals surface area contributed by atoms with Gasteiger partial charge in [-0.1, -0.05) is 13.3 Å². The number of nitrogens with two attached hydrogens (primary N) is 1. The fourth-order valence-corrected chi connectivity index (χ4v) is 3.34. The van der Waals surface area contributed by atoms with E-state index in [1.807, 2.05) is 18.7 Å². The maximum Gasteiger partial charge on any atom is 0.226 e. The summed E-state index contributed by atoms with van der Waals surface area (Å²) in [5.41, 5.74) is 6.10. The summed E-state index contributed by atoms with van der Waals surface area (Å²) < 4.78 is 5.68. The summed E-state index contributed by atoms with van der Waals surface area (Å²) in [5, 5.41) is 0. The first-order valence-corrected chi connectivity index (χ1v) is 7.19. The van der Waals surface area contributed by atoms with Crippen molar-refractivity contribution in [2.75, 3.05) is 13.1 Å². The van der Waals surface area contributed by atoms with Crippen molar-refractivity contribution in [1.29, 1.82) is 0 Å². The van der Waals surface area contributed by atoms with Crippen LogP contribution in [0.2, 0.25) is 0 Å². The molecule has 18 heavy (non-hydrogen) atoms. The number of ether oxygens (including phenoxy) is 1. The Morgan fingerprint density at radius 3 is 2.39 bits per heavy atom. The average molecular weight is 254 g/mol. The Balaban J connectivity index is 2.01. The molecule has 4 nitrogen and oxygen atoms in total. The van der Waals surface area contributed by atoms with E-state index < -0.39 is 0 Å². The SMILES string of the molecule is CC1CN(C(=O)C2CCCC(N)C2C)CC(C)O1. The standard InChI is InChI=1S/C14H26N2O2/c1-9-7-16(8-10(2)18-9)14(17)12-5-4-6-13(15)11(12)3/h9-13H,4-8,15H2,1-3H3. The summed E-state index contributed by atoms with van der Waals surface area (Å²) in [4.78, 5) is 14.6. The van der Waals surface area contributed by atoms with E-state index >= 15 is 0 Å². The van der Waals surface area contributed by atoms with E-state index in [1.54, 1.807) is 0 Å². The summed E-state index contributed by atoms with van der Waals surface area (Å²) in [7, 11) is 0. The van der Waals surface area contributed by atoms with Gasteiger partial charge in [-0.2, -0.15) is 0 Å². The summed E-state index contributed by atoms with van der Waals surface area (Å²) in [6, 6.07) is 0.184. The van der Waals surface area contributed by atoms with Gasteiger partial charge in [-0.15, -0.1) is 0 Å². The lowest BCUT2D eigenvalue weighted by molar-refractivity contribution is -0.150. The van der Waals surface area contributed by atoms with Gasteiger partial charge in [0.05, 0.1) is 12.2 Å². The van der Waals surface area contributed by atoms with Crippen molar-refractivity contribution in [3.63, 3.8) is 0 Å². The van der Waals surface area contributed by atoms with E-state index in [2.05, 4.69) is 6.92 Å². The van der Waals surface area contributed by atoms with E-state index in [1.165, 1.54) is 0 Å². The van der Waals surface area contributed by atoms with Crippen LogP contribution in [-0.4, -0.2) is 42.1 Å². The first-order valence-electron chi connectivity index (χ1n) is 7.19. The molecule has 2 rings (SSSR count). The van der Waals surface area contributed by atoms with Gasteiger partial charge < -0.3 is 15.4 Å². The van der Waals surface area contributed by atoms with E-state index in [4.69, 9.17) is 10.5 Å². The van der Waals surface area contributed by atoms with Crippen LogP contribution in [0.15, 0.2) is 0 Å². The van der Waals surface area contributed by atoms with Crippen LogP contribution in [0.4, 0.5) is 0 Å². The maximum atomic E-state index is 12.6. The largest absolute Gasteiger partial charge is 0.372 e. The highest BCUT2D eigenvalue weighted by atomic mass is 16.5. The van der Waals surface area contributed by atoms with E-state index in [0.717, 1.165) is 32.4 Å². The van der Waals surface area contributed by atoms with Crippen LogP contribution < -0.4 is 5.73 Å². The molecule has 1 heterocycles. The van der Waals surface area contributed by atoms with Crippen molar-refractivity contribution in [2.45, 2.75) is 58.3 Å². The lowest BCUT2D eigenvalue weighted by atomic mass is 9.76. The van der Waals surface area contributed by atoms with Crippen molar-refractivity contribution >= 4 is 5.91 Å². The number of morpholine rings is 1. The lowest BCUT2D eigenvalue weighted by Crippen LogP contribution is -2.52. The summed E-state index contributed by atoms with van der Waals surface area (Å²) in [6.45, 7) is 7.64. The highest BCUT2D eigenvalue weighted by Gasteiger charge is 2.37. The van der Waals surface area contributed by atoms with Gasteiger partial charge in [0, 0.05) is 25.0 Å². The quantitative estimate of drug-likeness (QED) is 0.769. The van der Waals surface area contributed by atoms with E-state index in [0.29, 0.717) is 11.8 Å². The third-order valence-corrected chi connectivity index (χ3v) is 4.41. The zero-order chi connectivity index (χ0) is 13.3. The average Bonchev–Trinajstić information content (AvgIpc) is 2.30. The molecule has 1 amide bonds. The van der Waals surface area contributed by atoms with Crippen LogP contribution in [0.5, 0.6) is 0 Å². The fourth-order valence-electron chi connectivity index (χ4n) is 3.34. The number of hydrogen-bond donors (Lipinski definition) is 1. The van der Waals surface area contributed by atoms with Crippen LogP contribution >= 0.6 is 0 Å². The molecule has 0 bridgehead atoms. The molecule has 1 aliphatic carbocycles. The molecule has 1 aliphatic heterocycles. The van der Waals surface area contributed by atoms with Gasteiger partial charge in [0.25, 0.3) is 0 Å². The Morgan fingerprint density at radius 1 is 1.17 bits per heavy atom. The summed E-state index contributed by atoms with van der Waals surface area (Å²) >= 11 is 0. The fraction of sp³-hybridized carbons (Fsp3) is 0.929. The Morgan fingerprint density at radius 2 is 1.78 bits per heavy atom. The molecule has 5 atom stereocenters. The molecular formula is C14H26N2O2. The predicted molar refractivity (Wildman–Crippen MR) is 71.1 cm³/mol. The Bertz CT molecular complexity index is 298. The molecule has 4 heteroatoms. The molecule has 0 aromatic rings. The van der Waals surface area contributed by atoms with Gasteiger partial charge in [-0.05, 0) is 32.6 Å². The second kappa shape index (κ2) is 5.57. The Kier molecular flexibility index (Phi) is 4.28. The number of rotatable bonds is 1. The van der Waals surface area contributed by atoms with Gasteiger partial charge in [-0.25, -0.2) is 0 Å². The van der Waals surface area contributed by atoms with Gasteiger partial charge >= 0.3 is 0 Å². The maximum absolute atomic E-state index is 12.6. The van der Waals surface area contributed by atoms with Gasteiger partial charge in [0.2, 0.25) is 5.91 Å².